The maximum absolute atomic E-state index is 12.6. The molecule has 0 radical (unpaired) electrons. The van der Waals surface area contributed by atoms with E-state index in [9.17, 15) is 9.59 Å². The summed E-state index contributed by atoms with van der Waals surface area (Å²) < 4.78 is 5.62. The largest absolute Gasteiger partial charge is 0.483 e. The highest BCUT2D eigenvalue weighted by atomic mass is 16.5. The Hall–Kier alpha value is -3.09. The lowest BCUT2D eigenvalue weighted by Gasteiger charge is -2.21. The van der Waals surface area contributed by atoms with E-state index in [1.165, 1.54) is 0 Å². The first-order valence-corrected chi connectivity index (χ1v) is 8.82. The van der Waals surface area contributed by atoms with Crippen LogP contribution in [0.3, 0.4) is 0 Å². The SMILES string of the molecule is CC[C@H](NC(=O)c1ccc(N(C)C)nc1)c1ccccc1OCC(=O)NC. The van der Waals surface area contributed by atoms with Gasteiger partial charge in [0.15, 0.2) is 6.61 Å². The number of anilines is 1. The van der Waals surface area contributed by atoms with E-state index in [4.69, 9.17) is 4.74 Å². The number of benzene rings is 1. The van der Waals surface area contributed by atoms with E-state index in [2.05, 4.69) is 15.6 Å². The highest BCUT2D eigenvalue weighted by molar-refractivity contribution is 5.94. The van der Waals surface area contributed by atoms with Crippen LogP contribution in [0.4, 0.5) is 5.82 Å². The second-order valence-corrected chi connectivity index (χ2v) is 6.23. The summed E-state index contributed by atoms with van der Waals surface area (Å²) in [4.78, 5) is 30.2. The standard InChI is InChI=1S/C20H26N4O3/c1-5-16(15-8-6-7-9-17(15)27-13-19(25)21-2)23-20(26)14-10-11-18(22-12-14)24(3)4/h6-12,16H,5,13H2,1-4H3,(H,21,25)(H,23,26)/t16-/m0/s1. The zero-order valence-corrected chi connectivity index (χ0v) is 16.2. The van der Waals surface area contributed by atoms with Crippen molar-refractivity contribution >= 4 is 17.6 Å². The van der Waals surface area contributed by atoms with Gasteiger partial charge < -0.3 is 20.3 Å². The zero-order chi connectivity index (χ0) is 19.8. The number of hydrogen-bond acceptors (Lipinski definition) is 5. The molecule has 0 aliphatic heterocycles. The van der Waals surface area contributed by atoms with Gasteiger partial charge in [-0.2, -0.15) is 0 Å². The second kappa shape index (κ2) is 9.56. The van der Waals surface area contributed by atoms with Crippen LogP contribution in [0, 0.1) is 0 Å². The Labute approximate surface area is 159 Å². The van der Waals surface area contributed by atoms with E-state index in [1.54, 1.807) is 31.4 Å². The summed E-state index contributed by atoms with van der Waals surface area (Å²) in [6, 6.07) is 10.7. The van der Waals surface area contributed by atoms with Gasteiger partial charge in [0, 0.05) is 32.9 Å². The number of likely N-dealkylation sites (N-methyl/N-ethyl adjacent to an activating group) is 1. The normalized spacial score (nSPS) is 11.4. The maximum Gasteiger partial charge on any atom is 0.257 e. The topological polar surface area (TPSA) is 83.6 Å². The van der Waals surface area contributed by atoms with Crippen LogP contribution in [-0.2, 0) is 4.79 Å². The molecule has 1 heterocycles. The fourth-order valence-corrected chi connectivity index (χ4v) is 2.54. The van der Waals surface area contributed by atoms with Crippen molar-refractivity contribution in [2.75, 3.05) is 32.6 Å². The van der Waals surface area contributed by atoms with Gasteiger partial charge >= 0.3 is 0 Å². The van der Waals surface area contributed by atoms with E-state index < -0.39 is 0 Å². The van der Waals surface area contributed by atoms with Gasteiger partial charge in [-0.1, -0.05) is 25.1 Å². The quantitative estimate of drug-likeness (QED) is 0.744. The number of nitrogens with one attached hydrogen (secondary N) is 2. The zero-order valence-electron chi connectivity index (χ0n) is 16.2. The maximum atomic E-state index is 12.6. The van der Waals surface area contributed by atoms with Crippen molar-refractivity contribution in [2.45, 2.75) is 19.4 Å². The molecule has 0 saturated carbocycles. The number of rotatable bonds is 8. The minimum Gasteiger partial charge on any atom is -0.483 e. The summed E-state index contributed by atoms with van der Waals surface area (Å²) in [6.07, 6.45) is 2.24. The molecule has 0 saturated heterocycles. The highest BCUT2D eigenvalue weighted by Crippen LogP contribution is 2.27. The lowest BCUT2D eigenvalue weighted by atomic mass is 10.0. The van der Waals surface area contributed by atoms with Crippen LogP contribution in [0.25, 0.3) is 0 Å². The molecule has 7 nitrogen and oxygen atoms in total. The first kappa shape index (κ1) is 20.2. The molecule has 2 amide bonds. The van der Waals surface area contributed by atoms with Crippen molar-refractivity contribution in [2.24, 2.45) is 0 Å². The lowest BCUT2D eigenvalue weighted by Crippen LogP contribution is -2.29. The molecule has 0 spiro atoms. The smallest absolute Gasteiger partial charge is 0.257 e. The molecule has 0 aliphatic carbocycles. The van der Waals surface area contributed by atoms with Gasteiger partial charge in [0.2, 0.25) is 0 Å². The lowest BCUT2D eigenvalue weighted by molar-refractivity contribution is -0.122. The summed E-state index contributed by atoms with van der Waals surface area (Å²) in [7, 11) is 5.35. The van der Waals surface area contributed by atoms with E-state index >= 15 is 0 Å². The molecule has 7 heteroatoms. The molecule has 2 aromatic rings. The Morgan fingerprint density at radius 3 is 2.52 bits per heavy atom. The van der Waals surface area contributed by atoms with Crippen LogP contribution < -0.4 is 20.3 Å². The van der Waals surface area contributed by atoms with Crippen molar-refractivity contribution in [1.29, 1.82) is 0 Å². The van der Waals surface area contributed by atoms with Gasteiger partial charge in [-0.25, -0.2) is 4.98 Å². The second-order valence-electron chi connectivity index (χ2n) is 6.23. The predicted octanol–water partition coefficient (Wildman–Crippen LogP) is 2.15. The third kappa shape index (κ3) is 5.44. The van der Waals surface area contributed by atoms with Crippen LogP contribution in [0.5, 0.6) is 5.75 Å². The van der Waals surface area contributed by atoms with Crippen molar-refractivity contribution in [3.8, 4) is 5.75 Å². The Morgan fingerprint density at radius 1 is 1.19 bits per heavy atom. The number of carbonyl (C=O) groups excluding carboxylic acids is 2. The van der Waals surface area contributed by atoms with E-state index in [1.807, 2.05) is 44.1 Å². The van der Waals surface area contributed by atoms with Crippen molar-refractivity contribution < 1.29 is 14.3 Å². The molecular weight excluding hydrogens is 344 g/mol. The number of para-hydroxylation sites is 1. The number of amides is 2. The molecule has 1 aromatic heterocycles. The van der Waals surface area contributed by atoms with Crippen LogP contribution in [-0.4, -0.2) is 44.5 Å². The molecule has 0 bridgehead atoms. The van der Waals surface area contributed by atoms with Crippen LogP contribution in [0.15, 0.2) is 42.6 Å². The van der Waals surface area contributed by atoms with Gasteiger partial charge in [0.25, 0.3) is 11.8 Å². The summed E-state index contributed by atoms with van der Waals surface area (Å²) in [5.41, 5.74) is 1.32. The molecule has 0 aliphatic rings. The number of pyridine rings is 1. The summed E-state index contributed by atoms with van der Waals surface area (Å²) in [6.45, 7) is 1.90. The van der Waals surface area contributed by atoms with Gasteiger partial charge in [0.05, 0.1) is 11.6 Å². The van der Waals surface area contributed by atoms with E-state index in [-0.39, 0.29) is 24.5 Å². The molecule has 1 atom stereocenters. The molecular formula is C20H26N4O3. The first-order valence-electron chi connectivity index (χ1n) is 8.82. The third-order valence-corrected chi connectivity index (χ3v) is 4.11. The minimum absolute atomic E-state index is 0.0756. The summed E-state index contributed by atoms with van der Waals surface area (Å²) in [5, 5.41) is 5.54. The average Bonchev–Trinajstić information content (AvgIpc) is 2.70. The number of carbonyl (C=O) groups is 2. The Kier molecular flexibility index (Phi) is 7.16. The highest BCUT2D eigenvalue weighted by Gasteiger charge is 2.18. The van der Waals surface area contributed by atoms with Gasteiger partial charge in [0.1, 0.15) is 11.6 Å². The average molecular weight is 370 g/mol. The summed E-state index contributed by atoms with van der Waals surface area (Å²) >= 11 is 0. The fourth-order valence-electron chi connectivity index (χ4n) is 2.54. The third-order valence-electron chi connectivity index (χ3n) is 4.11. The molecule has 2 rings (SSSR count). The number of hydrogen-bond donors (Lipinski definition) is 2. The molecule has 144 valence electrons. The molecule has 1 aromatic carbocycles. The van der Waals surface area contributed by atoms with Gasteiger partial charge in [-0.3, -0.25) is 9.59 Å². The number of aromatic nitrogens is 1. The van der Waals surface area contributed by atoms with Crippen molar-refractivity contribution in [1.82, 2.24) is 15.6 Å². The number of nitrogens with zero attached hydrogens (tertiary/aromatic N) is 2. The Bertz CT molecular complexity index is 775. The molecule has 0 fully saturated rings. The van der Waals surface area contributed by atoms with Crippen LogP contribution >= 0.6 is 0 Å². The molecule has 27 heavy (non-hydrogen) atoms. The van der Waals surface area contributed by atoms with Crippen molar-refractivity contribution in [3.05, 3.63) is 53.7 Å². The Balaban J connectivity index is 2.14. The summed E-state index contributed by atoms with van der Waals surface area (Å²) in [5.74, 6) is 0.940. The van der Waals surface area contributed by atoms with Crippen LogP contribution in [0.2, 0.25) is 0 Å². The molecule has 0 unspecified atom stereocenters. The number of ether oxygens (including phenoxy) is 1. The van der Waals surface area contributed by atoms with Gasteiger partial charge in [-0.05, 0) is 24.6 Å². The van der Waals surface area contributed by atoms with Crippen LogP contribution in [0.1, 0.15) is 35.3 Å². The van der Waals surface area contributed by atoms with Crippen molar-refractivity contribution in [3.63, 3.8) is 0 Å². The fraction of sp³-hybridized carbons (Fsp3) is 0.350. The Morgan fingerprint density at radius 2 is 1.93 bits per heavy atom. The van der Waals surface area contributed by atoms with Gasteiger partial charge in [-0.15, -0.1) is 0 Å². The monoisotopic (exact) mass is 370 g/mol. The van der Waals surface area contributed by atoms with E-state index in [0.29, 0.717) is 17.7 Å². The van der Waals surface area contributed by atoms with E-state index in [0.717, 1.165) is 11.4 Å². The molecule has 2 N–H and O–H groups in total. The minimum atomic E-state index is -0.244. The first-order chi connectivity index (χ1) is 13.0. The predicted molar refractivity (Wildman–Crippen MR) is 105 cm³/mol.